The second-order valence-corrected chi connectivity index (χ2v) is 6.16. The van der Waals surface area contributed by atoms with Crippen molar-refractivity contribution in [3.8, 4) is 0 Å². The third kappa shape index (κ3) is 3.79. The molecule has 3 heterocycles. The summed E-state index contributed by atoms with van der Waals surface area (Å²) in [6.45, 7) is 3.98. The highest BCUT2D eigenvalue weighted by atomic mass is 16.2. The van der Waals surface area contributed by atoms with Crippen LogP contribution in [0.2, 0.25) is 0 Å². The molecule has 23 heavy (non-hydrogen) atoms. The number of hydrogen-bond acceptors (Lipinski definition) is 4. The molecule has 7 heteroatoms. The number of carbonyl (C=O) groups is 1. The average molecular weight is 316 g/mol. The highest BCUT2D eigenvalue weighted by Gasteiger charge is 2.26. The molecule has 0 unspecified atom stereocenters. The minimum Gasteiger partial charge on any atom is -0.339 e. The summed E-state index contributed by atoms with van der Waals surface area (Å²) in [4.78, 5) is 16.8. The first-order valence-electron chi connectivity index (χ1n) is 8.09. The van der Waals surface area contributed by atoms with Crippen LogP contribution < -0.4 is 0 Å². The smallest absolute Gasteiger partial charge is 0.257 e. The quantitative estimate of drug-likeness (QED) is 0.821. The minimum absolute atomic E-state index is 0.0630. The number of hydrogen-bond donors (Lipinski definition) is 0. The van der Waals surface area contributed by atoms with Gasteiger partial charge in [-0.2, -0.15) is 10.2 Å². The van der Waals surface area contributed by atoms with Gasteiger partial charge in [-0.05, 0) is 18.9 Å². The third-order valence-corrected chi connectivity index (χ3v) is 4.58. The van der Waals surface area contributed by atoms with E-state index in [1.165, 1.54) is 0 Å². The molecule has 0 radical (unpaired) electrons. The molecule has 0 spiro atoms. The van der Waals surface area contributed by atoms with Gasteiger partial charge in [-0.1, -0.05) is 0 Å². The minimum atomic E-state index is 0.0630. The molecule has 0 aliphatic carbocycles. The molecule has 0 aromatic carbocycles. The Labute approximate surface area is 136 Å². The van der Waals surface area contributed by atoms with Crippen LogP contribution in [0.25, 0.3) is 0 Å². The third-order valence-electron chi connectivity index (χ3n) is 4.58. The number of likely N-dealkylation sites (tertiary alicyclic amines) is 1. The van der Waals surface area contributed by atoms with Crippen LogP contribution in [0.5, 0.6) is 0 Å². The second kappa shape index (κ2) is 6.95. The molecule has 0 saturated carbocycles. The zero-order valence-electron chi connectivity index (χ0n) is 13.8. The molecule has 3 rings (SSSR count). The lowest BCUT2D eigenvalue weighted by molar-refractivity contribution is 0.0639. The molecule has 2 aromatic heterocycles. The standard InChI is InChI=1S/C16H24N6O/c1-19-13-14(12-18-19)16(23)20(2)15-4-8-21(9-5-15)10-11-22-7-3-6-17-22/h3,6-7,12-13,15H,4-5,8-11H2,1-2H3. The number of carbonyl (C=O) groups excluding carboxylic acids is 1. The van der Waals surface area contributed by atoms with Crippen LogP contribution >= 0.6 is 0 Å². The monoisotopic (exact) mass is 316 g/mol. The molecule has 0 bridgehead atoms. The molecule has 1 aliphatic heterocycles. The maximum absolute atomic E-state index is 12.5. The van der Waals surface area contributed by atoms with Crippen molar-refractivity contribution in [1.29, 1.82) is 0 Å². The summed E-state index contributed by atoms with van der Waals surface area (Å²) in [5, 5.41) is 8.31. The molecular formula is C16H24N6O. The Bertz CT molecular complexity index is 627. The number of amides is 1. The lowest BCUT2D eigenvalue weighted by Crippen LogP contribution is -2.46. The molecule has 1 fully saturated rings. The van der Waals surface area contributed by atoms with Crippen LogP contribution in [0.3, 0.4) is 0 Å². The molecular weight excluding hydrogens is 292 g/mol. The van der Waals surface area contributed by atoms with Crippen LogP contribution in [0.15, 0.2) is 30.9 Å². The predicted octanol–water partition coefficient (Wildman–Crippen LogP) is 0.853. The van der Waals surface area contributed by atoms with Crippen molar-refractivity contribution >= 4 is 5.91 Å². The predicted molar refractivity (Wildman–Crippen MR) is 87.0 cm³/mol. The molecule has 124 valence electrons. The van der Waals surface area contributed by atoms with Gasteiger partial charge in [-0.15, -0.1) is 0 Å². The highest BCUT2D eigenvalue weighted by molar-refractivity contribution is 5.93. The van der Waals surface area contributed by atoms with Crippen LogP contribution in [0.1, 0.15) is 23.2 Å². The van der Waals surface area contributed by atoms with Crippen LogP contribution in [-0.2, 0) is 13.6 Å². The maximum Gasteiger partial charge on any atom is 0.257 e. The Morgan fingerprint density at radius 1 is 1.30 bits per heavy atom. The van der Waals surface area contributed by atoms with Crippen molar-refractivity contribution in [1.82, 2.24) is 29.4 Å². The SMILES string of the molecule is CN(C(=O)c1cnn(C)c1)C1CCN(CCn2cccn2)CC1. The number of aromatic nitrogens is 4. The second-order valence-electron chi connectivity index (χ2n) is 6.16. The summed E-state index contributed by atoms with van der Waals surface area (Å²) in [5.74, 6) is 0.0630. The van der Waals surface area contributed by atoms with Crippen LogP contribution in [0, 0.1) is 0 Å². The Morgan fingerprint density at radius 3 is 2.70 bits per heavy atom. The average Bonchev–Trinajstić information content (AvgIpc) is 3.23. The van der Waals surface area contributed by atoms with Gasteiger partial charge >= 0.3 is 0 Å². The molecule has 2 aromatic rings. The normalized spacial score (nSPS) is 16.6. The van der Waals surface area contributed by atoms with Crippen molar-refractivity contribution in [2.24, 2.45) is 7.05 Å². The first-order chi connectivity index (χ1) is 11.1. The first-order valence-corrected chi connectivity index (χ1v) is 8.09. The van der Waals surface area contributed by atoms with E-state index < -0.39 is 0 Å². The fourth-order valence-corrected chi connectivity index (χ4v) is 3.11. The van der Waals surface area contributed by atoms with Gasteiger partial charge < -0.3 is 9.80 Å². The van der Waals surface area contributed by atoms with E-state index in [9.17, 15) is 4.79 Å². The van der Waals surface area contributed by atoms with Gasteiger partial charge in [0.1, 0.15) is 0 Å². The summed E-state index contributed by atoms with van der Waals surface area (Å²) in [5.41, 5.74) is 0.663. The number of rotatable bonds is 5. The fourth-order valence-electron chi connectivity index (χ4n) is 3.11. The van der Waals surface area contributed by atoms with Crippen molar-refractivity contribution in [3.63, 3.8) is 0 Å². The number of nitrogens with zero attached hydrogens (tertiary/aromatic N) is 6. The van der Waals surface area contributed by atoms with E-state index >= 15 is 0 Å². The lowest BCUT2D eigenvalue weighted by atomic mass is 10.0. The van der Waals surface area contributed by atoms with Gasteiger partial charge in [0.05, 0.1) is 18.3 Å². The molecule has 1 saturated heterocycles. The Kier molecular flexibility index (Phi) is 4.76. The topological polar surface area (TPSA) is 59.2 Å². The van der Waals surface area contributed by atoms with Crippen molar-refractivity contribution < 1.29 is 4.79 Å². The number of aryl methyl sites for hydroxylation is 1. The summed E-state index contributed by atoms with van der Waals surface area (Å²) in [7, 11) is 3.73. The fraction of sp³-hybridized carbons (Fsp3) is 0.562. The van der Waals surface area contributed by atoms with Crippen LogP contribution in [-0.4, -0.2) is 68.0 Å². The summed E-state index contributed by atoms with van der Waals surface area (Å²) < 4.78 is 3.63. The molecule has 1 aliphatic rings. The summed E-state index contributed by atoms with van der Waals surface area (Å²) in [6.07, 6.45) is 9.25. The van der Waals surface area contributed by atoms with Crippen molar-refractivity contribution in [3.05, 3.63) is 36.4 Å². The maximum atomic E-state index is 12.5. The molecule has 7 nitrogen and oxygen atoms in total. The zero-order chi connectivity index (χ0) is 16.2. The summed E-state index contributed by atoms with van der Waals surface area (Å²) >= 11 is 0. The zero-order valence-corrected chi connectivity index (χ0v) is 13.8. The molecule has 0 atom stereocenters. The van der Waals surface area contributed by atoms with Gasteiger partial charge in [0.15, 0.2) is 0 Å². The van der Waals surface area contributed by atoms with E-state index in [1.807, 2.05) is 42.1 Å². The van der Waals surface area contributed by atoms with E-state index in [1.54, 1.807) is 17.1 Å². The van der Waals surface area contributed by atoms with Crippen molar-refractivity contribution in [2.75, 3.05) is 26.7 Å². The number of piperidine rings is 1. The highest BCUT2D eigenvalue weighted by Crippen LogP contribution is 2.17. The Hall–Kier alpha value is -2.15. The largest absolute Gasteiger partial charge is 0.339 e. The van der Waals surface area contributed by atoms with Crippen LogP contribution in [0.4, 0.5) is 0 Å². The Morgan fingerprint density at radius 2 is 2.09 bits per heavy atom. The molecule has 0 N–H and O–H groups in total. The van der Waals surface area contributed by atoms with Gasteiger partial charge in [0.2, 0.25) is 0 Å². The first kappa shape index (κ1) is 15.7. The van der Waals surface area contributed by atoms with E-state index in [0.717, 1.165) is 39.0 Å². The van der Waals surface area contributed by atoms with E-state index in [-0.39, 0.29) is 5.91 Å². The van der Waals surface area contributed by atoms with E-state index in [4.69, 9.17) is 0 Å². The summed E-state index contributed by atoms with van der Waals surface area (Å²) in [6, 6.07) is 2.26. The van der Waals surface area contributed by atoms with E-state index in [0.29, 0.717) is 11.6 Å². The van der Waals surface area contributed by atoms with Crippen molar-refractivity contribution in [2.45, 2.75) is 25.4 Å². The van der Waals surface area contributed by atoms with E-state index in [2.05, 4.69) is 15.1 Å². The van der Waals surface area contributed by atoms with Gasteiger partial charge in [0, 0.05) is 58.4 Å². The van der Waals surface area contributed by atoms with Gasteiger partial charge in [-0.3, -0.25) is 14.2 Å². The lowest BCUT2D eigenvalue weighted by Gasteiger charge is -2.36. The Balaban J connectivity index is 1.47. The van der Waals surface area contributed by atoms with Gasteiger partial charge in [0.25, 0.3) is 5.91 Å². The molecule has 1 amide bonds. The van der Waals surface area contributed by atoms with Gasteiger partial charge in [-0.25, -0.2) is 0 Å².